The molecule has 3 N–H and O–H groups in total. The highest BCUT2D eigenvalue weighted by Crippen LogP contribution is 2.32. The smallest absolute Gasteiger partial charge is 0.240 e. The molecule has 0 aromatic carbocycles. The molecule has 0 aromatic heterocycles. The van der Waals surface area contributed by atoms with Gasteiger partial charge in [0, 0.05) is 5.54 Å². The molecule has 0 heterocycles. The quantitative estimate of drug-likeness (QED) is 0.825. The highest BCUT2D eigenvalue weighted by atomic mass is 16.2. The van der Waals surface area contributed by atoms with Crippen molar-refractivity contribution < 1.29 is 4.79 Å². The van der Waals surface area contributed by atoms with Gasteiger partial charge < -0.3 is 11.1 Å². The van der Waals surface area contributed by atoms with Gasteiger partial charge in [0.05, 0.1) is 5.54 Å². The Bertz CT molecular complexity index is 330. The van der Waals surface area contributed by atoms with Crippen molar-refractivity contribution in [2.24, 2.45) is 17.1 Å². The lowest BCUT2D eigenvalue weighted by Crippen LogP contribution is -2.60. The van der Waals surface area contributed by atoms with Crippen LogP contribution in [0.1, 0.15) is 73.6 Å². The summed E-state index contributed by atoms with van der Waals surface area (Å²) in [5, 5.41) is 3.18. The molecule has 2 atom stereocenters. The van der Waals surface area contributed by atoms with E-state index in [1.165, 1.54) is 6.42 Å². The Labute approximate surface area is 118 Å². The second kappa shape index (κ2) is 5.43. The fourth-order valence-electron chi connectivity index (χ4n) is 3.60. The zero-order chi connectivity index (χ0) is 14.9. The summed E-state index contributed by atoms with van der Waals surface area (Å²) in [6, 6.07) is 0. The van der Waals surface area contributed by atoms with Crippen LogP contribution in [0.2, 0.25) is 0 Å². The molecule has 1 fully saturated rings. The Morgan fingerprint density at radius 2 is 1.89 bits per heavy atom. The van der Waals surface area contributed by atoms with Gasteiger partial charge in [0.1, 0.15) is 0 Å². The summed E-state index contributed by atoms with van der Waals surface area (Å²) in [4.78, 5) is 12.5. The molecule has 1 saturated carbocycles. The molecule has 1 aliphatic carbocycles. The number of nitrogens with two attached hydrogens (primary N) is 1. The third-order valence-corrected chi connectivity index (χ3v) is 3.91. The molecule has 1 aliphatic rings. The lowest BCUT2D eigenvalue weighted by molar-refractivity contribution is -0.130. The highest BCUT2D eigenvalue weighted by molar-refractivity contribution is 5.86. The fraction of sp³-hybridized carbons (Fsp3) is 0.938. The van der Waals surface area contributed by atoms with Crippen LogP contribution in [0.5, 0.6) is 0 Å². The second-order valence-electron chi connectivity index (χ2n) is 8.43. The molecular weight excluding hydrogens is 236 g/mol. The van der Waals surface area contributed by atoms with Crippen molar-refractivity contribution in [1.29, 1.82) is 0 Å². The third kappa shape index (κ3) is 5.13. The van der Waals surface area contributed by atoms with Crippen molar-refractivity contribution in [2.45, 2.75) is 84.7 Å². The maximum Gasteiger partial charge on any atom is 0.240 e. The number of amides is 1. The normalized spacial score (nSPS) is 29.1. The number of hydrogen-bond acceptors (Lipinski definition) is 2. The summed E-state index contributed by atoms with van der Waals surface area (Å²) in [6.45, 7) is 13.0. The molecular formula is C16H32N2O. The Morgan fingerprint density at radius 1 is 1.32 bits per heavy atom. The minimum atomic E-state index is -0.660. The van der Waals surface area contributed by atoms with Crippen molar-refractivity contribution in [3.63, 3.8) is 0 Å². The molecule has 0 aromatic rings. The van der Waals surface area contributed by atoms with Gasteiger partial charge in [-0.3, -0.25) is 4.79 Å². The molecule has 0 spiro atoms. The van der Waals surface area contributed by atoms with Gasteiger partial charge >= 0.3 is 0 Å². The van der Waals surface area contributed by atoms with E-state index < -0.39 is 5.54 Å². The average molecular weight is 268 g/mol. The van der Waals surface area contributed by atoms with Crippen LogP contribution in [0.4, 0.5) is 0 Å². The van der Waals surface area contributed by atoms with Crippen molar-refractivity contribution in [2.75, 3.05) is 0 Å². The SMILES string of the molecule is CC1CCCC(N)(C(=O)NC(C)(C)CC(C)(C)C)C1. The van der Waals surface area contributed by atoms with Crippen LogP contribution in [-0.4, -0.2) is 17.0 Å². The van der Waals surface area contributed by atoms with Crippen LogP contribution in [0.3, 0.4) is 0 Å². The number of nitrogens with one attached hydrogen (secondary N) is 1. The van der Waals surface area contributed by atoms with Crippen LogP contribution in [0.15, 0.2) is 0 Å². The standard InChI is InChI=1S/C16H32N2O/c1-12-8-7-9-16(17,10-12)13(19)18-15(5,6)11-14(2,3)4/h12H,7-11,17H2,1-6H3,(H,18,19). The molecule has 112 valence electrons. The second-order valence-corrected chi connectivity index (χ2v) is 8.43. The number of carbonyl (C=O) groups excluding carboxylic acids is 1. The van der Waals surface area contributed by atoms with Gasteiger partial charge in [-0.15, -0.1) is 0 Å². The highest BCUT2D eigenvalue weighted by Gasteiger charge is 2.40. The predicted molar refractivity (Wildman–Crippen MR) is 80.8 cm³/mol. The zero-order valence-electron chi connectivity index (χ0n) is 13.6. The van der Waals surface area contributed by atoms with Gasteiger partial charge in [0.15, 0.2) is 0 Å². The monoisotopic (exact) mass is 268 g/mol. The maximum atomic E-state index is 12.5. The maximum absolute atomic E-state index is 12.5. The van der Waals surface area contributed by atoms with Crippen molar-refractivity contribution in [3.8, 4) is 0 Å². The van der Waals surface area contributed by atoms with Gasteiger partial charge in [-0.1, -0.05) is 40.5 Å². The first-order chi connectivity index (χ1) is 8.44. The topological polar surface area (TPSA) is 55.1 Å². The molecule has 1 amide bonds. The molecule has 0 saturated heterocycles. The number of hydrogen-bond donors (Lipinski definition) is 2. The Hall–Kier alpha value is -0.570. The van der Waals surface area contributed by atoms with E-state index in [2.05, 4.69) is 46.9 Å². The van der Waals surface area contributed by atoms with Gasteiger partial charge in [0.25, 0.3) is 0 Å². The Morgan fingerprint density at radius 3 is 2.37 bits per heavy atom. The lowest BCUT2D eigenvalue weighted by Gasteiger charge is -2.40. The fourth-order valence-corrected chi connectivity index (χ4v) is 3.60. The molecule has 2 unspecified atom stereocenters. The van der Waals surface area contributed by atoms with Crippen LogP contribution in [0.25, 0.3) is 0 Å². The predicted octanol–water partition coefficient (Wildman–Crippen LogP) is 3.23. The number of carbonyl (C=O) groups is 1. The van der Waals surface area contributed by atoms with E-state index in [-0.39, 0.29) is 16.9 Å². The van der Waals surface area contributed by atoms with Crippen LogP contribution in [-0.2, 0) is 4.79 Å². The molecule has 0 bridgehead atoms. The Balaban J connectivity index is 2.68. The minimum Gasteiger partial charge on any atom is -0.350 e. The molecule has 19 heavy (non-hydrogen) atoms. The van der Waals surface area contributed by atoms with Crippen LogP contribution in [0, 0.1) is 11.3 Å². The zero-order valence-corrected chi connectivity index (χ0v) is 13.6. The molecule has 3 heteroatoms. The number of rotatable bonds is 3. The molecule has 3 nitrogen and oxygen atoms in total. The summed E-state index contributed by atoms with van der Waals surface area (Å²) in [5.41, 5.74) is 5.68. The summed E-state index contributed by atoms with van der Waals surface area (Å²) < 4.78 is 0. The Kier molecular flexibility index (Phi) is 4.71. The molecule has 0 radical (unpaired) electrons. The largest absolute Gasteiger partial charge is 0.350 e. The van der Waals surface area contributed by atoms with Gasteiger partial charge in [-0.25, -0.2) is 0 Å². The third-order valence-electron chi connectivity index (χ3n) is 3.91. The van der Waals surface area contributed by atoms with E-state index in [1.807, 2.05) is 0 Å². The van der Waals surface area contributed by atoms with E-state index in [1.54, 1.807) is 0 Å². The van der Waals surface area contributed by atoms with Crippen molar-refractivity contribution in [3.05, 3.63) is 0 Å². The lowest BCUT2D eigenvalue weighted by atomic mass is 9.75. The first-order valence-corrected chi connectivity index (χ1v) is 7.55. The summed E-state index contributed by atoms with van der Waals surface area (Å²) >= 11 is 0. The van der Waals surface area contributed by atoms with E-state index in [9.17, 15) is 4.79 Å². The van der Waals surface area contributed by atoms with E-state index in [4.69, 9.17) is 5.73 Å². The molecule has 1 rings (SSSR count). The van der Waals surface area contributed by atoms with Crippen LogP contribution < -0.4 is 11.1 Å². The van der Waals surface area contributed by atoms with Crippen molar-refractivity contribution >= 4 is 5.91 Å². The molecule has 0 aliphatic heterocycles. The van der Waals surface area contributed by atoms with E-state index in [0.717, 1.165) is 25.7 Å². The van der Waals surface area contributed by atoms with Crippen LogP contribution >= 0.6 is 0 Å². The van der Waals surface area contributed by atoms with Gasteiger partial charge in [0.2, 0.25) is 5.91 Å². The van der Waals surface area contributed by atoms with E-state index in [0.29, 0.717) is 5.92 Å². The summed E-state index contributed by atoms with van der Waals surface area (Å²) in [7, 11) is 0. The van der Waals surface area contributed by atoms with Crippen molar-refractivity contribution in [1.82, 2.24) is 5.32 Å². The van der Waals surface area contributed by atoms with E-state index >= 15 is 0 Å². The first kappa shape index (κ1) is 16.5. The average Bonchev–Trinajstić information content (AvgIpc) is 2.11. The summed E-state index contributed by atoms with van der Waals surface area (Å²) in [6.07, 6.45) is 4.82. The van der Waals surface area contributed by atoms with Gasteiger partial charge in [-0.05, 0) is 44.4 Å². The summed E-state index contributed by atoms with van der Waals surface area (Å²) in [5.74, 6) is 0.587. The first-order valence-electron chi connectivity index (χ1n) is 7.55. The van der Waals surface area contributed by atoms with Gasteiger partial charge in [-0.2, -0.15) is 0 Å². The minimum absolute atomic E-state index is 0.0355.